The molecule has 0 aliphatic rings. The summed E-state index contributed by atoms with van der Waals surface area (Å²) in [7, 11) is 0. The van der Waals surface area contributed by atoms with E-state index in [0.717, 1.165) is 44.5 Å². The number of para-hydroxylation sites is 3. The van der Waals surface area contributed by atoms with Crippen LogP contribution in [0.25, 0.3) is 116 Å². The molecule has 0 atom stereocenters. The lowest BCUT2D eigenvalue weighted by atomic mass is 9.86. The molecular formula is C55H34N4. The van der Waals surface area contributed by atoms with Gasteiger partial charge in [-0.3, -0.25) is 0 Å². The molecule has 0 aliphatic heterocycles. The minimum absolute atomic E-state index is 0.613. The van der Waals surface area contributed by atoms with Gasteiger partial charge >= 0.3 is 0 Å². The van der Waals surface area contributed by atoms with E-state index in [9.17, 15) is 0 Å². The Hall–Kier alpha value is -7.95. The topological polar surface area (TPSA) is 43.6 Å². The van der Waals surface area contributed by atoms with Crippen molar-refractivity contribution in [1.29, 1.82) is 0 Å². The third kappa shape index (κ3) is 5.20. The Bertz CT molecular complexity index is 3570. The molecule has 0 radical (unpaired) electrons. The van der Waals surface area contributed by atoms with Crippen molar-refractivity contribution in [2.24, 2.45) is 0 Å². The highest BCUT2D eigenvalue weighted by Crippen LogP contribution is 2.45. The molecule has 0 amide bonds. The molecule has 59 heavy (non-hydrogen) atoms. The summed E-state index contributed by atoms with van der Waals surface area (Å²) in [6.07, 6.45) is 0. The number of nitrogens with zero attached hydrogens (tertiary/aromatic N) is 4. The number of benzene rings is 10. The van der Waals surface area contributed by atoms with Crippen molar-refractivity contribution >= 4 is 64.9 Å². The molecule has 2 aromatic heterocycles. The number of rotatable bonds is 5. The van der Waals surface area contributed by atoms with Crippen molar-refractivity contribution in [3.8, 4) is 51.0 Å². The molecule has 0 spiro atoms. The van der Waals surface area contributed by atoms with E-state index in [0.29, 0.717) is 17.5 Å². The summed E-state index contributed by atoms with van der Waals surface area (Å²) in [6.45, 7) is 0. The number of aromatic nitrogens is 4. The molecule has 0 unspecified atom stereocenters. The van der Waals surface area contributed by atoms with Gasteiger partial charge in [0.2, 0.25) is 0 Å². The smallest absolute Gasteiger partial charge is 0.166 e. The summed E-state index contributed by atoms with van der Waals surface area (Å²) >= 11 is 0. The maximum absolute atomic E-state index is 5.41. The van der Waals surface area contributed by atoms with E-state index < -0.39 is 0 Å². The van der Waals surface area contributed by atoms with Gasteiger partial charge in [0.1, 0.15) is 0 Å². The van der Waals surface area contributed by atoms with Crippen molar-refractivity contribution < 1.29 is 0 Å². The Morgan fingerprint density at radius 1 is 0.271 bits per heavy atom. The summed E-state index contributed by atoms with van der Waals surface area (Å²) in [4.78, 5) is 15.9. The number of fused-ring (bicyclic) bond motifs is 11. The van der Waals surface area contributed by atoms with E-state index in [1.54, 1.807) is 0 Å². The van der Waals surface area contributed by atoms with Crippen molar-refractivity contribution in [3.05, 3.63) is 206 Å². The largest absolute Gasteiger partial charge is 0.309 e. The minimum atomic E-state index is 0.613. The van der Waals surface area contributed by atoms with Crippen LogP contribution in [0.15, 0.2) is 206 Å². The van der Waals surface area contributed by atoms with E-state index in [-0.39, 0.29) is 0 Å². The fraction of sp³-hybridized carbons (Fsp3) is 0. The van der Waals surface area contributed by atoms with Gasteiger partial charge in [-0.05, 0) is 84.5 Å². The third-order valence-electron chi connectivity index (χ3n) is 11.8. The molecule has 12 rings (SSSR count). The second-order valence-corrected chi connectivity index (χ2v) is 15.1. The second-order valence-electron chi connectivity index (χ2n) is 15.1. The standard InChI is InChI=1S/C55H34N4/c1-2-18-35(19-3-1)53-56-54(58-55(57-53)46-30-14-17-33-51(46)59-49-31-15-12-25-41(49)42-26-13-16-32-50(42)59)45-29-11-8-24-40(45)47-34-48-38-22-5-4-20-36(38)37-21-6-9-27-43(37)52(48)44-28-10-7-23-39(44)47/h1-34H. The van der Waals surface area contributed by atoms with Gasteiger partial charge in [0.05, 0.1) is 16.7 Å². The first-order chi connectivity index (χ1) is 29.3. The van der Waals surface area contributed by atoms with Crippen LogP contribution in [0.4, 0.5) is 0 Å². The molecule has 0 bridgehead atoms. The summed E-state index contributed by atoms with van der Waals surface area (Å²) in [5.74, 6) is 1.86. The molecule has 2 heterocycles. The minimum Gasteiger partial charge on any atom is -0.309 e. The van der Waals surface area contributed by atoms with E-state index >= 15 is 0 Å². The lowest BCUT2D eigenvalue weighted by molar-refractivity contribution is 1.06. The SMILES string of the molecule is c1ccc(-c2nc(-c3ccccc3-c3cc4c5ccccc5c5ccccc5c4c4ccccc34)nc(-c3ccccc3-n3c4ccccc4c4ccccc43)n2)cc1. The molecule has 274 valence electrons. The molecule has 4 heteroatoms. The van der Waals surface area contributed by atoms with E-state index in [1.165, 1.54) is 53.9 Å². The average molecular weight is 751 g/mol. The lowest BCUT2D eigenvalue weighted by Gasteiger charge is -2.18. The van der Waals surface area contributed by atoms with Crippen LogP contribution in [0.5, 0.6) is 0 Å². The van der Waals surface area contributed by atoms with Gasteiger partial charge in [-0.2, -0.15) is 0 Å². The highest BCUT2D eigenvalue weighted by atomic mass is 15.1. The van der Waals surface area contributed by atoms with Gasteiger partial charge in [0, 0.05) is 27.5 Å². The maximum atomic E-state index is 5.41. The first kappa shape index (κ1) is 33.2. The molecule has 12 aromatic rings. The van der Waals surface area contributed by atoms with Crippen molar-refractivity contribution in [2.45, 2.75) is 0 Å². The Morgan fingerprint density at radius 2 is 0.695 bits per heavy atom. The van der Waals surface area contributed by atoms with Crippen LogP contribution in [0.3, 0.4) is 0 Å². The summed E-state index contributed by atoms with van der Waals surface area (Å²) in [5.41, 5.74) is 8.27. The zero-order chi connectivity index (χ0) is 38.9. The first-order valence-electron chi connectivity index (χ1n) is 20.0. The van der Waals surface area contributed by atoms with E-state index in [2.05, 4.69) is 193 Å². The van der Waals surface area contributed by atoms with Gasteiger partial charge in [-0.1, -0.05) is 176 Å². The molecule has 0 saturated carbocycles. The van der Waals surface area contributed by atoms with Crippen LogP contribution in [0, 0.1) is 0 Å². The highest BCUT2D eigenvalue weighted by molar-refractivity contribution is 6.33. The highest BCUT2D eigenvalue weighted by Gasteiger charge is 2.22. The summed E-state index contributed by atoms with van der Waals surface area (Å²) in [5, 5.41) is 12.3. The maximum Gasteiger partial charge on any atom is 0.166 e. The van der Waals surface area contributed by atoms with Crippen molar-refractivity contribution in [3.63, 3.8) is 0 Å². The predicted octanol–water partition coefficient (Wildman–Crippen LogP) is 14.2. The van der Waals surface area contributed by atoms with Crippen LogP contribution in [-0.4, -0.2) is 19.5 Å². The summed E-state index contributed by atoms with van der Waals surface area (Å²) in [6, 6.07) is 73.3. The van der Waals surface area contributed by atoms with Gasteiger partial charge in [-0.15, -0.1) is 0 Å². The Kier molecular flexibility index (Phi) is 7.50. The number of hydrogen-bond donors (Lipinski definition) is 0. The van der Waals surface area contributed by atoms with Crippen LogP contribution in [0.1, 0.15) is 0 Å². The zero-order valence-corrected chi connectivity index (χ0v) is 31.9. The normalized spacial score (nSPS) is 11.7. The second kappa shape index (κ2) is 13.3. The van der Waals surface area contributed by atoms with Crippen LogP contribution < -0.4 is 0 Å². The summed E-state index contributed by atoms with van der Waals surface area (Å²) < 4.78 is 2.34. The molecule has 10 aromatic carbocycles. The Morgan fingerprint density at radius 3 is 1.36 bits per heavy atom. The molecule has 0 aliphatic carbocycles. The average Bonchev–Trinajstić information content (AvgIpc) is 3.65. The fourth-order valence-corrected chi connectivity index (χ4v) is 9.28. The van der Waals surface area contributed by atoms with Gasteiger partial charge in [0.25, 0.3) is 0 Å². The molecule has 4 nitrogen and oxygen atoms in total. The third-order valence-corrected chi connectivity index (χ3v) is 11.8. The predicted molar refractivity (Wildman–Crippen MR) is 246 cm³/mol. The number of hydrogen-bond acceptors (Lipinski definition) is 3. The lowest BCUT2D eigenvalue weighted by Crippen LogP contribution is -2.04. The Balaban J connectivity index is 1.14. The van der Waals surface area contributed by atoms with Gasteiger partial charge in [0.15, 0.2) is 17.5 Å². The quantitative estimate of drug-likeness (QED) is 0.165. The Labute approximate surface area is 340 Å². The molecular weight excluding hydrogens is 717 g/mol. The van der Waals surface area contributed by atoms with Gasteiger partial charge < -0.3 is 4.57 Å². The van der Waals surface area contributed by atoms with E-state index in [1.807, 2.05) is 18.2 Å². The molecule has 0 fully saturated rings. The van der Waals surface area contributed by atoms with Crippen LogP contribution in [-0.2, 0) is 0 Å². The monoisotopic (exact) mass is 750 g/mol. The van der Waals surface area contributed by atoms with Gasteiger partial charge in [-0.25, -0.2) is 15.0 Å². The van der Waals surface area contributed by atoms with Crippen molar-refractivity contribution in [1.82, 2.24) is 19.5 Å². The van der Waals surface area contributed by atoms with Crippen LogP contribution in [0.2, 0.25) is 0 Å². The first-order valence-corrected chi connectivity index (χ1v) is 20.0. The van der Waals surface area contributed by atoms with Crippen LogP contribution >= 0.6 is 0 Å². The van der Waals surface area contributed by atoms with Crippen molar-refractivity contribution in [2.75, 3.05) is 0 Å². The molecule has 0 N–H and O–H groups in total. The molecule has 0 saturated heterocycles. The fourth-order valence-electron chi connectivity index (χ4n) is 9.28. The zero-order valence-electron chi connectivity index (χ0n) is 31.9. The van der Waals surface area contributed by atoms with E-state index in [4.69, 9.17) is 15.0 Å².